The third-order valence-electron chi connectivity index (χ3n) is 5.11. The van der Waals surface area contributed by atoms with Gasteiger partial charge in [-0.25, -0.2) is 4.98 Å². The summed E-state index contributed by atoms with van der Waals surface area (Å²) < 4.78 is 6.70. The molecule has 0 radical (unpaired) electrons. The summed E-state index contributed by atoms with van der Waals surface area (Å²) in [6, 6.07) is 16.8. The number of hydrogen-bond donors (Lipinski definition) is 1. The maximum absolute atomic E-state index is 13.0. The van der Waals surface area contributed by atoms with Crippen molar-refractivity contribution in [3.05, 3.63) is 54.6 Å². The van der Waals surface area contributed by atoms with E-state index in [1.165, 1.54) is 23.8 Å². The lowest BCUT2D eigenvalue weighted by atomic mass is 10.1. The fraction of sp³-hybridized carbons (Fsp3) is 0.273. The minimum Gasteiger partial charge on any atom is -0.469 e. The molecule has 4 rings (SSSR count). The molecule has 8 nitrogen and oxygen atoms in total. The van der Waals surface area contributed by atoms with Crippen LogP contribution in [0.1, 0.15) is 6.42 Å². The number of imidazole rings is 1. The minimum absolute atomic E-state index is 0.0983. The van der Waals surface area contributed by atoms with Crippen LogP contribution in [0.25, 0.3) is 16.7 Å². The number of carbonyl (C=O) groups excluding carboxylic acids is 3. The van der Waals surface area contributed by atoms with Gasteiger partial charge in [0.25, 0.3) is 0 Å². The van der Waals surface area contributed by atoms with Gasteiger partial charge in [0.05, 0.1) is 30.3 Å². The molecule has 3 aromatic rings. The van der Waals surface area contributed by atoms with Crippen LogP contribution in [0.4, 0.5) is 0 Å². The molecular formula is C22H22N4O4S. The highest BCUT2D eigenvalue weighted by atomic mass is 32.2. The lowest BCUT2D eigenvalue weighted by molar-refractivity contribution is -0.149. The number of para-hydroxylation sites is 3. The normalized spacial score (nSPS) is 16.2. The minimum atomic E-state index is -0.859. The summed E-state index contributed by atoms with van der Waals surface area (Å²) in [4.78, 5) is 43.1. The fourth-order valence-corrected chi connectivity index (χ4v) is 4.51. The van der Waals surface area contributed by atoms with Crippen molar-refractivity contribution in [2.75, 3.05) is 26.0 Å². The summed E-state index contributed by atoms with van der Waals surface area (Å²) in [6.07, 6.45) is -0.165. The van der Waals surface area contributed by atoms with Gasteiger partial charge < -0.3 is 15.0 Å². The molecule has 1 saturated heterocycles. The number of amides is 2. The van der Waals surface area contributed by atoms with Gasteiger partial charge in [0.1, 0.15) is 6.04 Å². The average molecular weight is 439 g/mol. The summed E-state index contributed by atoms with van der Waals surface area (Å²) in [5.41, 5.74) is 2.74. The van der Waals surface area contributed by atoms with Crippen molar-refractivity contribution in [3.8, 4) is 5.69 Å². The highest BCUT2D eigenvalue weighted by molar-refractivity contribution is 7.99. The summed E-state index contributed by atoms with van der Waals surface area (Å²) in [5, 5.41) is 3.39. The van der Waals surface area contributed by atoms with Crippen molar-refractivity contribution in [1.82, 2.24) is 19.8 Å². The standard InChI is InChI=1S/C22H22N4O4S/c1-30-20(28)13-18-21(29)23-11-12-25(18)19(27)14-31-22-24-16-9-5-6-10-17(16)26(22)15-7-3-2-4-8-15/h2-10,18H,11-14H2,1H3,(H,23,29)/t18-/m0/s1. The molecule has 0 spiro atoms. The Hall–Kier alpha value is -3.33. The van der Waals surface area contributed by atoms with E-state index in [0.29, 0.717) is 18.2 Å². The molecule has 0 bridgehead atoms. The Bertz CT molecular complexity index is 1120. The topological polar surface area (TPSA) is 93.5 Å². The van der Waals surface area contributed by atoms with E-state index in [4.69, 9.17) is 4.98 Å². The van der Waals surface area contributed by atoms with Crippen LogP contribution in [0.5, 0.6) is 0 Å². The van der Waals surface area contributed by atoms with E-state index >= 15 is 0 Å². The Labute approximate surface area is 183 Å². The summed E-state index contributed by atoms with van der Waals surface area (Å²) in [6.45, 7) is 0.706. The first kappa shape index (κ1) is 20.9. The van der Waals surface area contributed by atoms with Gasteiger partial charge >= 0.3 is 5.97 Å². The molecule has 31 heavy (non-hydrogen) atoms. The second-order valence-corrected chi connectivity index (χ2v) is 7.96. The number of nitrogens with one attached hydrogen (secondary N) is 1. The maximum Gasteiger partial charge on any atom is 0.308 e. The molecule has 2 amide bonds. The number of esters is 1. The van der Waals surface area contributed by atoms with E-state index in [9.17, 15) is 14.4 Å². The molecule has 1 aliphatic rings. The number of methoxy groups -OCH3 is 1. The zero-order valence-electron chi connectivity index (χ0n) is 17.0. The number of fused-ring (bicyclic) bond motifs is 1. The zero-order chi connectivity index (χ0) is 21.8. The summed E-state index contributed by atoms with van der Waals surface area (Å²) in [5.74, 6) is -0.994. The van der Waals surface area contributed by atoms with Crippen LogP contribution in [0.2, 0.25) is 0 Å². The number of carbonyl (C=O) groups is 3. The van der Waals surface area contributed by atoms with Crippen molar-refractivity contribution in [3.63, 3.8) is 0 Å². The van der Waals surface area contributed by atoms with E-state index < -0.39 is 12.0 Å². The van der Waals surface area contributed by atoms with Gasteiger partial charge in [-0.3, -0.25) is 19.0 Å². The Morgan fingerprint density at radius 3 is 2.68 bits per heavy atom. The molecular weight excluding hydrogens is 416 g/mol. The maximum atomic E-state index is 13.0. The molecule has 1 aromatic heterocycles. The van der Waals surface area contributed by atoms with E-state index in [2.05, 4.69) is 10.1 Å². The van der Waals surface area contributed by atoms with Crippen LogP contribution >= 0.6 is 11.8 Å². The van der Waals surface area contributed by atoms with Crippen LogP contribution in [-0.4, -0.2) is 64.2 Å². The first-order valence-electron chi connectivity index (χ1n) is 9.88. The lowest BCUT2D eigenvalue weighted by Gasteiger charge is -2.34. The number of hydrogen-bond acceptors (Lipinski definition) is 6. The molecule has 1 fully saturated rings. The number of aromatic nitrogens is 2. The molecule has 1 aliphatic heterocycles. The fourth-order valence-electron chi connectivity index (χ4n) is 3.59. The van der Waals surface area contributed by atoms with E-state index in [-0.39, 0.29) is 24.0 Å². The van der Waals surface area contributed by atoms with Crippen LogP contribution in [0.15, 0.2) is 59.8 Å². The molecule has 0 saturated carbocycles. The average Bonchev–Trinajstić information content (AvgIpc) is 3.17. The third kappa shape index (κ3) is 4.41. The van der Waals surface area contributed by atoms with Crippen LogP contribution in [0, 0.1) is 0 Å². The Morgan fingerprint density at radius 1 is 1.16 bits per heavy atom. The Morgan fingerprint density at radius 2 is 1.90 bits per heavy atom. The largest absolute Gasteiger partial charge is 0.469 e. The van der Waals surface area contributed by atoms with Crippen LogP contribution in [0.3, 0.4) is 0 Å². The van der Waals surface area contributed by atoms with Crippen molar-refractivity contribution < 1.29 is 19.1 Å². The molecule has 1 atom stereocenters. The number of nitrogens with zero attached hydrogens (tertiary/aromatic N) is 3. The lowest BCUT2D eigenvalue weighted by Crippen LogP contribution is -2.58. The number of rotatable bonds is 6. The molecule has 0 unspecified atom stereocenters. The number of thioether (sulfide) groups is 1. The first-order valence-corrected chi connectivity index (χ1v) is 10.9. The van der Waals surface area contributed by atoms with Gasteiger partial charge in [0.2, 0.25) is 11.8 Å². The summed E-state index contributed by atoms with van der Waals surface area (Å²) in [7, 11) is 1.26. The van der Waals surface area contributed by atoms with Crippen molar-refractivity contribution in [2.45, 2.75) is 17.6 Å². The third-order valence-corrected chi connectivity index (χ3v) is 6.03. The predicted molar refractivity (Wildman–Crippen MR) is 117 cm³/mol. The molecule has 160 valence electrons. The van der Waals surface area contributed by atoms with E-state index in [1.54, 1.807) is 0 Å². The molecule has 2 heterocycles. The Kier molecular flexibility index (Phi) is 6.22. The second-order valence-electron chi connectivity index (χ2n) is 7.02. The predicted octanol–water partition coefficient (Wildman–Crippen LogP) is 2.01. The van der Waals surface area contributed by atoms with Gasteiger partial charge in [-0.2, -0.15) is 0 Å². The molecule has 1 N–H and O–H groups in total. The first-order chi connectivity index (χ1) is 15.1. The van der Waals surface area contributed by atoms with Gasteiger partial charge in [-0.05, 0) is 24.3 Å². The SMILES string of the molecule is COC(=O)C[C@H]1C(=O)NCCN1C(=O)CSc1nc2ccccc2n1-c1ccccc1. The molecule has 9 heteroatoms. The zero-order valence-corrected chi connectivity index (χ0v) is 17.8. The molecule has 0 aliphatic carbocycles. The second kappa shape index (κ2) is 9.22. The quantitative estimate of drug-likeness (QED) is 0.467. The van der Waals surface area contributed by atoms with Gasteiger partial charge in [0, 0.05) is 18.8 Å². The Balaban J connectivity index is 1.57. The van der Waals surface area contributed by atoms with Crippen LogP contribution < -0.4 is 5.32 Å². The monoisotopic (exact) mass is 438 g/mol. The van der Waals surface area contributed by atoms with Crippen molar-refractivity contribution in [1.29, 1.82) is 0 Å². The van der Waals surface area contributed by atoms with E-state index in [0.717, 1.165) is 16.7 Å². The number of ether oxygens (including phenoxy) is 1. The van der Waals surface area contributed by atoms with Gasteiger partial charge in [-0.15, -0.1) is 0 Å². The van der Waals surface area contributed by atoms with Crippen molar-refractivity contribution >= 4 is 40.6 Å². The highest BCUT2D eigenvalue weighted by Gasteiger charge is 2.35. The van der Waals surface area contributed by atoms with Crippen LogP contribution in [-0.2, 0) is 19.1 Å². The van der Waals surface area contributed by atoms with Crippen molar-refractivity contribution in [2.24, 2.45) is 0 Å². The smallest absolute Gasteiger partial charge is 0.308 e. The van der Waals surface area contributed by atoms with Gasteiger partial charge in [-0.1, -0.05) is 42.1 Å². The van der Waals surface area contributed by atoms with Gasteiger partial charge in [0.15, 0.2) is 5.16 Å². The molecule has 2 aromatic carbocycles. The number of piperazine rings is 1. The number of benzene rings is 2. The highest BCUT2D eigenvalue weighted by Crippen LogP contribution is 2.28. The summed E-state index contributed by atoms with van der Waals surface area (Å²) >= 11 is 1.31. The van der Waals surface area contributed by atoms with E-state index in [1.807, 2.05) is 59.2 Å².